The number of hydrogen-bond donors (Lipinski definition) is 2. The van der Waals surface area contributed by atoms with Crippen LogP contribution in [-0.4, -0.2) is 42.4 Å². The monoisotopic (exact) mass is 441 g/mol. The molecule has 1 aliphatic heterocycles. The maximum absolute atomic E-state index is 13.0. The Morgan fingerprint density at radius 1 is 1.10 bits per heavy atom. The van der Waals surface area contributed by atoms with E-state index >= 15 is 0 Å². The van der Waals surface area contributed by atoms with E-state index < -0.39 is 6.04 Å². The molecule has 0 saturated carbocycles. The first-order chi connectivity index (χ1) is 14.9. The zero-order chi connectivity index (χ0) is 22.2. The first-order valence-corrected chi connectivity index (χ1v) is 12.2. The first-order valence-electron chi connectivity index (χ1n) is 11.3. The van der Waals surface area contributed by atoms with E-state index in [9.17, 15) is 9.59 Å². The highest BCUT2D eigenvalue weighted by Gasteiger charge is 2.28. The van der Waals surface area contributed by atoms with E-state index in [4.69, 9.17) is 0 Å². The van der Waals surface area contributed by atoms with E-state index in [1.165, 1.54) is 17.7 Å². The van der Waals surface area contributed by atoms with Gasteiger partial charge in [0, 0.05) is 11.4 Å². The molecule has 1 aromatic heterocycles. The first kappa shape index (κ1) is 23.5. The average molecular weight is 442 g/mol. The summed E-state index contributed by atoms with van der Waals surface area (Å²) in [5, 5.41) is 8.18. The van der Waals surface area contributed by atoms with Crippen molar-refractivity contribution in [2.45, 2.75) is 52.1 Å². The van der Waals surface area contributed by atoms with Crippen LogP contribution in [0, 0.1) is 11.8 Å². The third-order valence-corrected chi connectivity index (χ3v) is 7.05. The van der Waals surface area contributed by atoms with Crippen LogP contribution in [0.1, 0.15) is 50.1 Å². The largest absolute Gasteiger partial charge is 0.352 e. The second-order valence-electron chi connectivity index (χ2n) is 8.95. The summed E-state index contributed by atoms with van der Waals surface area (Å²) in [5.41, 5.74) is 0.944. The van der Waals surface area contributed by atoms with E-state index in [1.54, 1.807) is 11.3 Å². The Kier molecular flexibility index (Phi) is 8.67. The summed E-state index contributed by atoms with van der Waals surface area (Å²) in [4.78, 5) is 29.3. The Labute approximate surface area is 190 Å². The molecule has 0 spiro atoms. The number of carbonyl (C=O) groups excluding carboxylic acids is 2. The van der Waals surface area contributed by atoms with Gasteiger partial charge in [-0.2, -0.15) is 0 Å². The number of likely N-dealkylation sites (tertiary alicyclic amines) is 1. The van der Waals surface area contributed by atoms with Gasteiger partial charge in [0.1, 0.15) is 6.04 Å². The number of nitrogens with one attached hydrogen (secondary N) is 2. The van der Waals surface area contributed by atoms with Crippen LogP contribution in [0.3, 0.4) is 0 Å². The molecule has 2 amide bonds. The highest BCUT2D eigenvalue weighted by atomic mass is 32.1. The van der Waals surface area contributed by atoms with Gasteiger partial charge in [-0.05, 0) is 54.8 Å². The van der Waals surface area contributed by atoms with Crippen molar-refractivity contribution < 1.29 is 9.59 Å². The summed E-state index contributed by atoms with van der Waals surface area (Å²) in [6.07, 6.45) is 2.67. The number of benzene rings is 1. The molecule has 2 heterocycles. The van der Waals surface area contributed by atoms with Gasteiger partial charge in [-0.3, -0.25) is 14.5 Å². The van der Waals surface area contributed by atoms with Crippen LogP contribution in [0.25, 0.3) is 0 Å². The predicted molar refractivity (Wildman–Crippen MR) is 127 cm³/mol. The van der Waals surface area contributed by atoms with Crippen molar-refractivity contribution >= 4 is 23.2 Å². The Hall–Kier alpha value is -2.18. The second-order valence-corrected chi connectivity index (χ2v) is 9.93. The number of nitrogens with zero attached hydrogens (tertiary/aromatic N) is 1. The van der Waals surface area contributed by atoms with Crippen LogP contribution in [0.2, 0.25) is 0 Å². The fourth-order valence-electron chi connectivity index (χ4n) is 4.08. The molecule has 168 valence electrons. The lowest BCUT2D eigenvalue weighted by Gasteiger charge is -2.36. The zero-order valence-electron chi connectivity index (χ0n) is 18.8. The van der Waals surface area contributed by atoms with E-state index in [2.05, 4.69) is 40.0 Å². The van der Waals surface area contributed by atoms with Gasteiger partial charge >= 0.3 is 0 Å². The molecule has 1 fully saturated rings. The van der Waals surface area contributed by atoms with E-state index in [-0.39, 0.29) is 30.2 Å². The normalized spacial score (nSPS) is 17.3. The Balaban J connectivity index is 1.60. The van der Waals surface area contributed by atoms with Gasteiger partial charge < -0.3 is 10.6 Å². The lowest BCUT2D eigenvalue weighted by Crippen LogP contribution is -2.51. The Morgan fingerprint density at radius 2 is 1.81 bits per heavy atom. The molecule has 2 N–H and O–H groups in total. The molecule has 3 rings (SSSR count). The summed E-state index contributed by atoms with van der Waals surface area (Å²) in [6, 6.07) is 13.5. The summed E-state index contributed by atoms with van der Waals surface area (Å²) in [5.74, 6) is 0.541. The second kappa shape index (κ2) is 11.4. The van der Waals surface area contributed by atoms with Crippen LogP contribution >= 0.6 is 11.3 Å². The maximum Gasteiger partial charge on any atom is 0.242 e. The van der Waals surface area contributed by atoms with Crippen molar-refractivity contribution in [1.82, 2.24) is 15.5 Å². The Morgan fingerprint density at radius 3 is 2.42 bits per heavy atom. The molecule has 31 heavy (non-hydrogen) atoms. The molecule has 1 aromatic carbocycles. The van der Waals surface area contributed by atoms with Gasteiger partial charge in [0.15, 0.2) is 0 Å². The number of piperidine rings is 1. The van der Waals surface area contributed by atoms with Gasteiger partial charge in [-0.1, -0.05) is 57.2 Å². The SMILES string of the molecule is CC1CCN(C(CNC(=O)C(NC(=O)Cc2ccccc2)C(C)C)c2cccs2)CC1. The minimum absolute atomic E-state index is 0.00995. The molecular weight excluding hydrogens is 406 g/mol. The molecule has 2 aromatic rings. The van der Waals surface area contributed by atoms with Crippen molar-refractivity contribution in [3.63, 3.8) is 0 Å². The van der Waals surface area contributed by atoms with Gasteiger partial charge in [0.2, 0.25) is 11.8 Å². The molecule has 1 saturated heterocycles. The van der Waals surface area contributed by atoms with Gasteiger partial charge in [0.05, 0.1) is 12.5 Å². The summed E-state index contributed by atoms with van der Waals surface area (Å²) in [7, 11) is 0. The molecule has 2 atom stereocenters. The lowest BCUT2D eigenvalue weighted by molar-refractivity contribution is -0.130. The van der Waals surface area contributed by atoms with Crippen molar-refractivity contribution in [1.29, 1.82) is 0 Å². The van der Waals surface area contributed by atoms with Crippen LogP contribution in [0.5, 0.6) is 0 Å². The average Bonchev–Trinajstić information content (AvgIpc) is 3.28. The number of amides is 2. The van der Waals surface area contributed by atoms with Gasteiger partial charge in [-0.15, -0.1) is 11.3 Å². The molecule has 0 bridgehead atoms. The smallest absolute Gasteiger partial charge is 0.242 e. The third kappa shape index (κ3) is 6.91. The van der Waals surface area contributed by atoms with Crippen molar-refractivity contribution in [2.24, 2.45) is 11.8 Å². The molecule has 0 aliphatic carbocycles. The molecule has 6 heteroatoms. The lowest BCUT2D eigenvalue weighted by atomic mass is 9.97. The van der Waals surface area contributed by atoms with Gasteiger partial charge in [-0.25, -0.2) is 0 Å². The molecule has 1 aliphatic rings. The van der Waals surface area contributed by atoms with Crippen LogP contribution in [-0.2, 0) is 16.0 Å². The fraction of sp³-hybridized carbons (Fsp3) is 0.520. The van der Waals surface area contributed by atoms with E-state index in [1.807, 2.05) is 44.2 Å². The van der Waals surface area contributed by atoms with Crippen molar-refractivity contribution in [2.75, 3.05) is 19.6 Å². The fourth-order valence-corrected chi connectivity index (χ4v) is 4.94. The number of rotatable bonds is 9. The highest BCUT2D eigenvalue weighted by Crippen LogP contribution is 2.29. The minimum atomic E-state index is -0.540. The molecule has 0 radical (unpaired) electrons. The maximum atomic E-state index is 13.0. The topological polar surface area (TPSA) is 61.4 Å². The van der Waals surface area contributed by atoms with Crippen LogP contribution in [0.4, 0.5) is 0 Å². The molecule has 2 unspecified atom stereocenters. The summed E-state index contributed by atoms with van der Waals surface area (Å²) < 4.78 is 0. The predicted octanol–water partition coefficient (Wildman–Crippen LogP) is 4.02. The standard InChI is InChI=1S/C25H35N3O2S/c1-18(2)24(27-23(29)16-20-8-5-4-6-9-20)25(30)26-17-21(22-10-7-15-31-22)28-13-11-19(3)12-14-28/h4-10,15,18-19,21,24H,11-14,16-17H2,1-3H3,(H,26,30)(H,27,29). The number of thiophene rings is 1. The molecule has 5 nitrogen and oxygen atoms in total. The zero-order valence-corrected chi connectivity index (χ0v) is 19.7. The number of carbonyl (C=O) groups is 2. The minimum Gasteiger partial charge on any atom is -0.352 e. The van der Waals surface area contributed by atoms with Crippen molar-refractivity contribution in [3.05, 3.63) is 58.3 Å². The molecular formula is C25H35N3O2S. The third-order valence-electron chi connectivity index (χ3n) is 6.07. The number of hydrogen-bond acceptors (Lipinski definition) is 4. The Bertz CT molecular complexity index is 815. The van der Waals surface area contributed by atoms with Crippen LogP contribution < -0.4 is 10.6 Å². The quantitative estimate of drug-likeness (QED) is 0.618. The summed E-state index contributed by atoms with van der Waals surface area (Å²) >= 11 is 1.74. The van der Waals surface area contributed by atoms with E-state index in [0.717, 1.165) is 24.6 Å². The van der Waals surface area contributed by atoms with E-state index in [0.29, 0.717) is 6.54 Å². The van der Waals surface area contributed by atoms with Crippen LogP contribution in [0.15, 0.2) is 47.8 Å². The van der Waals surface area contributed by atoms with Crippen molar-refractivity contribution in [3.8, 4) is 0 Å². The van der Waals surface area contributed by atoms with Gasteiger partial charge in [0.25, 0.3) is 0 Å². The summed E-state index contributed by atoms with van der Waals surface area (Å²) in [6.45, 7) is 8.92. The highest BCUT2D eigenvalue weighted by molar-refractivity contribution is 7.10.